The molecule has 0 spiro atoms. The van der Waals surface area contributed by atoms with Gasteiger partial charge in [-0.1, -0.05) is 18.2 Å². The standard InChI is InChI=1S/C16H20N2S/c1-16(17,11-15-18-8-9-19-15)14-7-6-12-4-2-3-5-13(12)10-14/h6-10H,2-5,11,17H2,1H3. The molecule has 3 rings (SSSR count). The fourth-order valence-corrected chi connectivity index (χ4v) is 3.63. The molecule has 0 saturated carbocycles. The highest BCUT2D eigenvalue weighted by Gasteiger charge is 2.24. The second kappa shape index (κ2) is 5.06. The molecule has 3 heteroatoms. The lowest BCUT2D eigenvalue weighted by Crippen LogP contribution is -2.35. The van der Waals surface area contributed by atoms with E-state index in [2.05, 4.69) is 30.1 Å². The molecule has 0 bridgehead atoms. The predicted molar refractivity (Wildman–Crippen MR) is 80.4 cm³/mol. The molecule has 19 heavy (non-hydrogen) atoms. The van der Waals surface area contributed by atoms with Crippen molar-refractivity contribution >= 4 is 11.3 Å². The van der Waals surface area contributed by atoms with Gasteiger partial charge in [-0.25, -0.2) is 4.98 Å². The monoisotopic (exact) mass is 272 g/mol. The zero-order valence-electron chi connectivity index (χ0n) is 11.4. The first-order valence-corrected chi connectivity index (χ1v) is 7.83. The third kappa shape index (κ3) is 2.72. The first kappa shape index (κ1) is 12.8. The van der Waals surface area contributed by atoms with Crippen LogP contribution in [0.15, 0.2) is 29.8 Å². The Morgan fingerprint density at radius 1 is 1.26 bits per heavy atom. The van der Waals surface area contributed by atoms with Gasteiger partial charge in [0.2, 0.25) is 0 Å². The maximum absolute atomic E-state index is 6.53. The minimum atomic E-state index is -0.329. The number of aryl methyl sites for hydroxylation is 2. The van der Waals surface area contributed by atoms with Crippen molar-refractivity contribution in [3.05, 3.63) is 51.5 Å². The zero-order valence-corrected chi connectivity index (χ0v) is 12.2. The van der Waals surface area contributed by atoms with Crippen LogP contribution in [0.25, 0.3) is 0 Å². The van der Waals surface area contributed by atoms with Crippen LogP contribution in [0, 0.1) is 0 Å². The average molecular weight is 272 g/mol. The van der Waals surface area contributed by atoms with Gasteiger partial charge in [0, 0.05) is 23.5 Å². The van der Waals surface area contributed by atoms with Crippen molar-refractivity contribution in [2.24, 2.45) is 5.73 Å². The van der Waals surface area contributed by atoms with Crippen LogP contribution < -0.4 is 5.73 Å². The van der Waals surface area contributed by atoms with Gasteiger partial charge >= 0.3 is 0 Å². The second-order valence-electron chi connectivity index (χ2n) is 5.71. The molecule has 2 aromatic rings. The van der Waals surface area contributed by atoms with Crippen LogP contribution in [0.1, 0.15) is 41.5 Å². The number of hydrogen-bond acceptors (Lipinski definition) is 3. The average Bonchev–Trinajstić information content (AvgIpc) is 2.90. The van der Waals surface area contributed by atoms with E-state index in [1.54, 1.807) is 11.3 Å². The van der Waals surface area contributed by atoms with Crippen molar-refractivity contribution in [3.8, 4) is 0 Å². The maximum Gasteiger partial charge on any atom is 0.0946 e. The number of rotatable bonds is 3. The molecule has 0 fully saturated rings. The van der Waals surface area contributed by atoms with E-state index in [9.17, 15) is 0 Å². The number of benzene rings is 1. The number of hydrogen-bond donors (Lipinski definition) is 1. The molecule has 0 radical (unpaired) electrons. The molecular weight excluding hydrogens is 252 g/mol. The summed E-state index contributed by atoms with van der Waals surface area (Å²) in [5, 5.41) is 3.13. The van der Waals surface area contributed by atoms with Crippen molar-refractivity contribution in [1.82, 2.24) is 4.98 Å². The summed E-state index contributed by atoms with van der Waals surface area (Å²) in [7, 11) is 0. The van der Waals surface area contributed by atoms with Crippen molar-refractivity contribution in [2.75, 3.05) is 0 Å². The Morgan fingerprint density at radius 3 is 2.79 bits per heavy atom. The molecule has 1 aromatic heterocycles. The molecule has 1 unspecified atom stereocenters. The van der Waals surface area contributed by atoms with Gasteiger partial charge in [-0.15, -0.1) is 11.3 Å². The summed E-state index contributed by atoms with van der Waals surface area (Å²) < 4.78 is 0. The third-order valence-electron chi connectivity index (χ3n) is 4.01. The number of nitrogens with zero attached hydrogens (tertiary/aromatic N) is 1. The summed E-state index contributed by atoms with van der Waals surface area (Å²) in [6, 6.07) is 6.80. The van der Waals surface area contributed by atoms with Crippen LogP contribution in [-0.2, 0) is 24.8 Å². The highest BCUT2D eigenvalue weighted by Crippen LogP contribution is 2.28. The van der Waals surface area contributed by atoms with Gasteiger partial charge in [0.25, 0.3) is 0 Å². The molecular formula is C16H20N2S. The number of fused-ring (bicyclic) bond motifs is 1. The summed E-state index contributed by atoms with van der Waals surface area (Å²) >= 11 is 1.68. The van der Waals surface area contributed by atoms with Crippen LogP contribution in [0.3, 0.4) is 0 Å². The fraction of sp³-hybridized carbons (Fsp3) is 0.438. The molecule has 0 aliphatic heterocycles. The summed E-state index contributed by atoms with van der Waals surface area (Å²) in [6.07, 6.45) is 7.72. The van der Waals surface area contributed by atoms with Gasteiger partial charge in [0.15, 0.2) is 0 Å². The van der Waals surface area contributed by atoms with Gasteiger partial charge in [-0.05, 0) is 49.3 Å². The van der Waals surface area contributed by atoms with E-state index in [0.717, 1.165) is 11.4 Å². The quantitative estimate of drug-likeness (QED) is 0.929. The van der Waals surface area contributed by atoms with E-state index in [-0.39, 0.29) is 5.54 Å². The minimum absolute atomic E-state index is 0.329. The Kier molecular flexibility index (Phi) is 3.42. The summed E-state index contributed by atoms with van der Waals surface area (Å²) in [5.74, 6) is 0. The van der Waals surface area contributed by atoms with Gasteiger partial charge < -0.3 is 5.73 Å². The molecule has 1 aliphatic rings. The number of thiazole rings is 1. The van der Waals surface area contributed by atoms with E-state index in [1.807, 2.05) is 11.6 Å². The summed E-state index contributed by atoms with van der Waals surface area (Å²) in [5.41, 5.74) is 10.5. The Bertz CT molecular complexity index is 558. The van der Waals surface area contributed by atoms with Crippen LogP contribution in [0.2, 0.25) is 0 Å². The smallest absolute Gasteiger partial charge is 0.0946 e. The lowest BCUT2D eigenvalue weighted by atomic mass is 9.84. The molecule has 0 amide bonds. The first-order valence-electron chi connectivity index (χ1n) is 6.95. The topological polar surface area (TPSA) is 38.9 Å². The largest absolute Gasteiger partial charge is 0.321 e. The van der Waals surface area contributed by atoms with Gasteiger partial charge in [0.1, 0.15) is 0 Å². The van der Waals surface area contributed by atoms with Gasteiger partial charge in [0.05, 0.1) is 5.01 Å². The van der Waals surface area contributed by atoms with Gasteiger partial charge in [-0.2, -0.15) is 0 Å². The van der Waals surface area contributed by atoms with E-state index >= 15 is 0 Å². The van der Waals surface area contributed by atoms with E-state index < -0.39 is 0 Å². The predicted octanol–water partition coefficient (Wildman–Crippen LogP) is 3.44. The second-order valence-corrected chi connectivity index (χ2v) is 6.69. The van der Waals surface area contributed by atoms with Gasteiger partial charge in [-0.3, -0.25) is 0 Å². The Hall–Kier alpha value is -1.19. The molecule has 100 valence electrons. The maximum atomic E-state index is 6.53. The van der Waals surface area contributed by atoms with E-state index in [0.29, 0.717) is 0 Å². The third-order valence-corrected chi connectivity index (χ3v) is 4.79. The Labute approximate surface area is 118 Å². The fourth-order valence-electron chi connectivity index (χ4n) is 2.85. The normalized spacial score (nSPS) is 17.8. The first-order chi connectivity index (χ1) is 9.15. The molecule has 1 aliphatic carbocycles. The summed E-state index contributed by atoms with van der Waals surface area (Å²) in [6.45, 7) is 2.11. The van der Waals surface area contributed by atoms with Crippen LogP contribution in [-0.4, -0.2) is 4.98 Å². The van der Waals surface area contributed by atoms with Crippen LogP contribution >= 0.6 is 11.3 Å². The minimum Gasteiger partial charge on any atom is -0.321 e. The number of nitrogens with two attached hydrogens (primary N) is 1. The summed E-state index contributed by atoms with van der Waals surface area (Å²) in [4.78, 5) is 4.35. The molecule has 0 saturated heterocycles. The highest BCUT2D eigenvalue weighted by atomic mass is 32.1. The van der Waals surface area contributed by atoms with Crippen LogP contribution in [0.4, 0.5) is 0 Å². The van der Waals surface area contributed by atoms with Crippen molar-refractivity contribution in [1.29, 1.82) is 0 Å². The zero-order chi connectivity index (χ0) is 13.3. The SMILES string of the molecule is CC(N)(Cc1nccs1)c1ccc2c(c1)CCCC2. The Balaban J connectivity index is 1.88. The lowest BCUT2D eigenvalue weighted by Gasteiger charge is -2.26. The lowest BCUT2D eigenvalue weighted by molar-refractivity contribution is 0.488. The van der Waals surface area contributed by atoms with Crippen molar-refractivity contribution in [3.63, 3.8) is 0 Å². The molecule has 1 aromatic carbocycles. The van der Waals surface area contributed by atoms with Crippen molar-refractivity contribution in [2.45, 2.75) is 44.6 Å². The van der Waals surface area contributed by atoms with E-state index in [1.165, 1.54) is 42.4 Å². The van der Waals surface area contributed by atoms with Crippen molar-refractivity contribution < 1.29 is 0 Å². The molecule has 1 atom stereocenters. The molecule has 1 heterocycles. The van der Waals surface area contributed by atoms with Crippen LogP contribution in [0.5, 0.6) is 0 Å². The molecule has 2 nitrogen and oxygen atoms in total. The number of aromatic nitrogens is 1. The van der Waals surface area contributed by atoms with E-state index in [4.69, 9.17) is 5.73 Å². The Morgan fingerprint density at radius 2 is 2.05 bits per heavy atom. The molecule has 2 N–H and O–H groups in total. The highest BCUT2D eigenvalue weighted by molar-refractivity contribution is 7.09.